The minimum atomic E-state index is -0.645. The number of aliphatic hydroxyl groups is 2. The van der Waals surface area contributed by atoms with Gasteiger partial charge >= 0.3 is 0 Å². The van der Waals surface area contributed by atoms with Gasteiger partial charge in [-0.2, -0.15) is 0 Å². The Kier molecular flexibility index (Phi) is 19.7. The molecule has 27 heavy (non-hydrogen) atoms. The fourth-order valence-electron chi connectivity index (χ4n) is 3.47. The fourth-order valence-corrected chi connectivity index (χ4v) is 3.47. The Hall–Kier alpha value is -0.610. The standard InChI is InChI=1S/C23H47NO3/c1-3-5-7-9-10-11-12-13-15-16-18-22(26)21(20-25)24-23(27)19-17-14-8-6-4-2/h21-22,25-26H,3-20H2,1-2H3,(H,24,27). The van der Waals surface area contributed by atoms with E-state index in [9.17, 15) is 15.0 Å². The molecule has 162 valence electrons. The Morgan fingerprint density at radius 2 is 1.19 bits per heavy atom. The third-order valence-corrected chi connectivity index (χ3v) is 5.37. The molecular weight excluding hydrogens is 338 g/mol. The molecule has 0 rings (SSSR count). The van der Waals surface area contributed by atoms with Crippen molar-refractivity contribution in [1.82, 2.24) is 5.32 Å². The lowest BCUT2D eigenvalue weighted by atomic mass is 10.0. The monoisotopic (exact) mass is 385 g/mol. The Morgan fingerprint density at radius 3 is 1.67 bits per heavy atom. The molecule has 0 aliphatic carbocycles. The summed E-state index contributed by atoms with van der Waals surface area (Å²) in [6.45, 7) is 4.23. The zero-order valence-electron chi connectivity index (χ0n) is 18.2. The van der Waals surface area contributed by atoms with E-state index in [2.05, 4.69) is 19.2 Å². The van der Waals surface area contributed by atoms with Crippen molar-refractivity contribution in [3.05, 3.63) is 0 Å². The minimum absolute atomic E-state index is 0.0485. The summed E-state index contributed by atoms with van der Waals surface area (Å²) in [4.78, 5) is 12.0. The number of nitrogens with one attached hydrogen (secondary N) is 1. The van der Waals surface area contributed by atoms with Crippen LogP contribution in [0.5, 0.6) is 0 Å². The first-order valence-electron chi connectivity index (χ1n) is 11.7. The number of unbranched alkanes of at least 4 members (excludes halogenated alkanes) is 13. The van der Waals surface area contributed by atoms with E-state index in [1.165, 1.54) is 70.6 Å². The second-order valence-electron chi connectivity index (χ2n) is 8.06. The topological polar surface area (TPSA) is 69.6 Å². The second kappa shape index (κ2) is 20.1. The smallest absolute Gasteiger partial charge is 0.220 e. The molecule has 1 amide bonds. The van der Waals surface area contributed by atoms with E-state index in [0.717, 1.165) is 25.7 Å². The predicted molar refractivity (Wildman–Crippen MR) is 115 cm³/mol. The van der Waals surface area contributed by atoms with Gasteiger partial charge in [0.1, 0.15) is 0 Å². The maximum Gasteiger partial charge on any atom is 0.220 e. The van der Waals surface area contributed by atoms with Gasteiger partial charge in [0, 0.05) is 6.42 Å². The van der Waals surface area contributed by atoms with Crippen LogP contribution in [0.1, 0.15) is 123 Å². The van der Waals surface area contributed by atoms with Crippen LogP contribution in [0.2, 0.25) is 0 Å². The normalized spacial score (nSPS) is 13.5. The highest BCUT2D eigenvalue weighted by molar-refractivity contribution is 5.76. The van der Waals surface area contributed by atoms with Gasteiger partial charge < -0.3 is 15.5 Å². The molecule has 0 aliphatic heterocycles. The van der Waals surface area contributed by atoms with Gasteiger partial charge in [-0.05, 0) is 12.8 Å². The van der Waals surface area contributed by atoms with E-state index in [-0.39, 0.29) is 12.5 Å². The second-order valence-corrected chi connectivity index (χ2v) is 8.06. The molecule has 0 aromatic heterocycles. The molecule has 0 saturated carbocycles. The highest BCUT2D eigenvalue weighted by Crippen LogP contribution is 2.13. The van der Waals surface area contributed by atoms with Crippen molar-refractivity contribution < 1.29 is 15.0 Å². The van der Waals surface area contributed by atoms with Gasteiger partial charge in [0.05, 0.1) is 18.8 Å². The zero-order valence-corrected chi connectivity index (χ0v) is 18.2. The molecule has 3 N–H and O–H groups in total. The lowest BCUT2D eigenvalue weighted by Gasteiger charge is -2.22. The van der Waals surface area contributed by atoms with Gasteiger partial charge in [-0.15, -0.1) is 0 Å². The third kappa shape index (κ3) is 17.2. The summed E-state index contributed by atoms with van der Waals surface area (Å²) >= 11 is 0. The predicted octanol–water partition coefficient (Wildman–Crippen LogP) is 5.50. The lowest BCUT2D eigenvalue weighted by molar-refractivity contribution is -0.123. The molecule has 0 aromatic rings. The van der Waals surface area contributed by atoms with E-state index in [4.69, 9.17) is 0 Å². The Labute approximate surface area is 168 Å². The number of carbonyl (C=O) groups is 1. The van der Waals surface area contributed by atoms with Crippen LogP contribution in [0, 0.1) is 0 Å². The molecule has 0 aliphatic rings. The average Bonchev–Trinajstić information content (AvgIpc) is 2.67. The average molecular weight is 386 g/mol. The van der Waals surface area contributed by atoms with Crippen molar-refractivity contribution in [3.63, 3.8) is 0 Å². The van der Waals surface area contributed by atoms with E-state index in [1.807, 2.05) is 0 Å². The van der Waals surface area contributed by atoms with Crippen LogP contribution in [0.4, 0.5) is 0 Å². The summed E-state index contributed by atoms with van der Waals surface area (Å²) < 4.78 is 0. The number of aliphatic hydroxyl groups excluding tert-OH is 2. The Balaban J connectivity index is 3.66. The van der Waals surface area contributed by atoms with Crippen LogP contribution >= 0.6 is 0 Å². The molecule has 4 nitrogen and oxygen atoms in total. The highest BCUT2D eigenvalue weighted by Gasteiger charge is 2.19. The van der Waals surface area contributed by atoms with Crippen LogP contribution < -0.4 is 5.32 Å². The van der Waals surface area contributed by atoms with Crippen molar-refractivity contribution in [2.75, 3.05) is 6.61 Å². The molecule has 2 unspecified atom stereocenters. The summed E-state index contributed by atoms with van der Waals surface area (Å²) in [5, 5.41) is 22.5. The summed E-state index contributed by atoms with van der Waals surface area (Å²) in [5.41, 5.74) is 0. The number of carbonyl (C=O) groups excluding carboxylic acids is 1. The van der Waals surface area contributed by atoms with Crippen molar-refractivity contribution in [2.45, 2.75) is 135 Å². The van der Waals surface area contributed by atoms with Gasteiger partial charge in [0.15, 0.2) is 0 Å². The Morgan fingerprint density at radius 1 is 0.741 bits per heavy atom. The molecule has 0 fully saturated rings. The fraction of sp³-hybridized carbons (Fsp3) is 0.957. The molecule has 0 saturated heterocycles. The molecule has 0 radical (unpaired) electrons. The van der Waals surface area contributed by atoms with Crippen LogP contribution in [0.25, 0.3) is 0 Å². The van der Waals surface area contributed by atoms with Crippen molar-refractivity contribution in [1.29, 1.82) is 0 Å². The Bertz CT molecular complexity index is 323. The van der Waals surface area contributed by atoms with Crippen LogP contribution in [-0.2, 0) is 4.79 Å². The van der Waals surface area contributed by atoms with Crippen LogP contribution in [0.15, 0.2) is 0 Å². The van der Waals surface area contributed by atoms with Crippen molar-refractivity contribution >= 4 is 5.91 Å². The van der Waals surface area contributed by atoms with Crippen molar-refractivity contribution in [2.24, 2.45) is 0 Å². The number of hydrogen-bond acceptors (Lipinski definition) is 3. The van der Waals surface area contributed by atoms with Gasteiger partial charge in [-0.3, -0.25) is 4.79 Å². The molecule has 2 atom stereocenters. The summed E-state index contributed by atoms with van der Waals surface area (Å²) in [6.07, 6.45) is 18.7. The van der Waals surface area contributed by atoms with Gasteiger partial charge in [0.25, 0.3) is 0 Å². The molecular formula is C23H47NO3. The summed E-state index contributed by atoms with van der Waals surface area (Å²) in [5.74, 6) is -0.0485. The maximum absolute atomic E-state index is 12.0. The quantitative estimate of drug-likeness (QED) is 0.242. The first-order valence-corrected chi connectivity index (χ1v) is 11.7. The van der Waals surface area contributed by atoms with E-state index in [1.54, 1.807) is 0 Å². The summed E-state index contributed by atoms with van der Waals surface area (Å²) in [7, 11) is 0. The highest BCUT2D eigenvalue weighted by atomic mass is 16.3. The SMILES string of the molecule is CCCCCCCCCCCCC(O)C(CO)NC(=O)CCCCCCC. The first kappa shape index (κ1) is 26.4. The van der Waals surface area contributed by atoms with E-state index >= 15 is 0 Å². The molecule has 0 bridgehead atoms. The van der Waals surface area contributed by atoms with E-state index < -0.39 is 12.1 Å². The number of amides is 1. The summed E-state index contributed by atoms with van der Waals surface area (Å²) in [6, 6.07) is -0.522. The minimum Gasteiger partial charge on any atom is -0.394 e. The molecule has 0 spiro atoms. The zero-order chi connectivity index (χ0) is 20.2. The van der Waals surface area contributed by atoms with Crippen LogP contribution in [0.3, 0.4) is 0 Å². The first-order chi connectivity index (χ1) is 13.2. The number of hydrogen-bond donors (Lipinski definition) is 3. The van der Waals surface area contributed by atoms with Gasteiger partial charge in [-0.25, -0.2) is 0 Å². The van der Waals surface area contributed by atoms with Gasteiger partial charge in [0.2, 0.25) is 5.91 Å². The van der Waals surface area contributed by atoms with Crippen LogP contribution in [-0.4, -0.2) is 34.9 Å². The largest absolute Gasteiger partial charge is 0.394 e. The van der Waals surface area contributed by atoms with Gasteiger partial charge in [-0.1, -0.05) is 104 Å². The van der Waals surface area contributed by atoms with Crippen molar-refractivity contribution in [3.8, 4) is 0 Å². The third-order valence-electron chi connectivity index (χ3n) is 5.37. The molecule has 0 aromatic carbocycles. The van der Waals surface area contributed by atoms with E-state index in [0.29, 0.717) is 12.8 Å². The lowest BCUT2D eigenvalue weighted by Crippen LogP contribution is -2.45. The molecule has 4 heteroatoms. The molecule has 0 heterocycles. The number of rotatable bonds is 20. The maximum atomic E-state index is 12.0.